The lowest BCUT2D eigenvalue weighted by Gasteiger charge is -2.32. The summed E-state index contributed by atoms with van der Waals surface area (Å²) in [4.78, 5) is 13.9. The van der Waals surface area contributed by atoms with Crippen molar-refractivity contribution in [3.05, 3.63) is 34.3 Å². The van der Waals surface area contributed by atoms with Crippen molar-refractivity contribution in [1.29, 1.82) is 0 Å². The molecule has 1 aliphatic rings. The molecule has 0 saturated carbocycles. The number of halogens is 1. The van der Waals surface area contributed by atoms with Crippen LogP contribution < -0.4 is 0 Å². The van der Waals surface area contributed by atoms with Crippen LogP contribution in [-0.4, -0.2) is 48.3 Å². The molecule has 0 bridgehead atoms. The average Bonchev–Trinajstić information content (AvgIpc) is 2.48. The highest BCUT2D eigenvalue weighted by Gasteiger charge is 2.23. The van der Waals surface area contributed by atoms with E-state index in [1.54, 1.807) is 4.90 Å². The van der Waals surface area contributed by atoms with Gasteiger partial charge in [-0.2, -0.15) is 0 Å². The first kappa shape index (κ1) is 15.3. The molecule has 1 amide bonds. The molecule has 0 spiro atoms. The van der Waals surface area contributed by atoms with E-state index in [2.05, 4.69) is 0 Å². The van der Waals surface area contributed by atoms with Crippen LogP contribution in [0.25, 0.3) is 0 Å². The number of hydrogen-bond donors (Lipinski definition) is 1. The van der Waals surface area contributed by atoms with E-state index in [0.29, 0.717) is 32.5 Å². The van der Waals surface area contributed by atoms with Crippen molar-refractivity contribution in [2.45, 2.75) is 25.9 Å². The van der Waals surface area contributed by atoms with Crippen molar-refractivity contribution in [1.82, 2.24) is 4.90 Å². The number of ether oxygens (including phenoxy) is 1. The minimum atomic E-state index is -0.249. The van der Waals surface area contributed by atoms with E-state index in [0.717, 1.165) is 16.1 Å². The Kier molecular flexibility index (Phi) is 5.40. The number of benzene rings is 1. The van der Waals surface area contributed by atoms with Crippen molar-refractivity contribution in [3.8, 4) is 0 Å². The van der Waals surface area contributed by atoms with Crippen LogP contribution in [0.4, 0.5) is 0 Å². The molecule has 4 nitrogen and oxygen atoms in total. The third-order valence-electron chi connectivity index (χ3n) is 3.56. The topological polar surface area (TPSA) is 49.8 Å². The first-order valence-corrected chi connectivity index (χ1v) is 7.23. The molecule has 1 N–H and O–H groups in total. The summed E-state index contributed by atoms with van der Waals surface area (Å²) in [6.07, 6.45) is 0.888. The largest absolute Gasteiger partial charge is 0.394 e. The number of aliphatic hydroxyl groups excluding tert-OH is 1. The van der Waals surface area contributed by atoms with Gasteiger partial charge in [0.25, 0.3) is 0 Å². The van der Waals surface area contributed by atoms with Gasteiger partial charge < -0.3 is 14.7 Å². The summed E-state index contributed by atoms with van der Waals surface area (Å²) >= 11 is 6.08. The second-order valence-corrected chi connectivity index (χ2v) is 5.51. The van der Waals surface area contributed by atoms with Crippen molar-refractivity contribution in [2.24, 2.45) is 0 Å². The molecule has 5 heteroatoms. The molecule has 1 atom stereocenters. The first-order chi connectivity index (χ1) is 9.60. The number of amides is 1. The second kappa shape index (κ2) is 7.07. The minimum absolute atomic E-state index is 0.0443. The Hall–Kier alpha value is -1.10. The molecule has 110 valence electrons. The van der Waals surface area contributed by atoms with Crippen LogP contribution in [-0.2, 0) is 16.0 Å². The Balaban J connectivity index is 1.86. The molecule has 1 unspecified atom stereocenters. The molecule has 1 heterocycles. The SMILES string of the molecule is Cc1ccc(CCC(=O)N2CCOC(CO)C2)cc1Cl. The lowest BCUT2D eigenvalue weighted by atomic mass is 10.1. The van der Waals surface area contributed by atoms with Crippen LogP contribution in [0, 0.1) is 6.92 Å². The van der Waals surface area contributed by atoms with E-state index < -0.39 is 0 Å². The minimum Gasteiger partial charge on any atom is -0.394 e. The van der Waals surface area contributed by atoms with Crippen LogP contribution in [0.3, 0.4) is 0 Å². The van der Waals surface area contributed by atoms with Gasteiger partial charge in [0.1, 0.15) is 0 Å². The van der Waals surface area contributed by atoms with Crippen molar-refractivity contribution in [2.75, 3.05) is 26.3 Å². The Morgan fingerprint density at radius 1 is 1.55 bits per heavy atom. The molecule has 1 saturated heterocycles. The van der Waals surface area contributed by atoms with Crippen molar-refractivity contribution < 1.29 is 14.6 Å². The standard InChI is InChI=1S/C15H20ClNO3/c1-11-2-3-12(8-14(11)16)4-5-15(19)17-6-7-20-13(9-17)10-18/h2-3,8,13,18H,4-7,9-10H2,1H3. The number of carbonyl (C=O) groups excluding carboxylic acids is 1. The molecule has 0 aromatic heterocycles. The number of aliphatic hydroxyl groups is 1. The molecule has 0 aliphatic carbocycles. The van der Waals surface area contributed by atoms with Crippen molar-refractivity contribution in [3.63, 3.8) is 0 Å². The summed E-state index contributed by atoms with van der Waals surface area (Å²) in [5.74, 6) is 0.100. The first-order valence-electron chi connectivity index (χ1n) is 6.85. The molecule has 1 aliphatic heterocycles. The molecular weight excluding hydrogens is 278 g/mol. The second-order valence-electron chi connectivity index (χ2n) is 5.10. The molecule has 1 aromatic rings. The quantitative estimate of drug-likeness (QED) is 0.922. The van der Waals surface area contributed by atoms with Crippen LogP contribution in [0.5, 0.6) is 0 Å². The summed E-state index contributed by atoms with van der Waals surface area (Å²) in [5.41, 5.74) is 2.11. The van der Waals surface area contributed by atoms with E-state index in [4.69, 9.17) is 21.4 Å². The number of carbonyl (C=O) groups is 1. The van der Waals surface area contributed by atoms with Gasteiger partial charge in [-0.05, 0) is 30.5 Å². The highest BCUT2D eigenvalue weighted by molar-refractivity contribution is 6.31. The fourth-order valence-corrected chi connectivity index (χ4v) is 2.46. The molecule has 2 rings (SSSR count). The summed E-state index contributed by atoms with van der Waals surface area (Å²) in [6.45, 7) is 3.48. The zero-order valence-corrected chi connectivity index (χ0v) is 12.4. The smallest absolute Gasteiger partial charge is 0.223 e. The van der Waals surface area contributed by atoms with Crippen molar-refractivity contribution >= 4 is 17.5 Å². The predicted octanol–water partition coefficient (Wildman–Crippen LogP) is 1.80. The molecule has 20 heavy (non-hydrogen) atoms. The number of rotatable bonds is 4. The van der Waals surface area contributed by atoms with E-state index in [1.807, 2.05) is 25.1 Å². The maximum absolute atomic E-state index is 12.1. The lowest BCUT2D eigenvalue weighted by Crippen LogP contribution is -2.46. The van der Waals surface area contributed by atoms with E-state index in [-0.39, 0.29) is 18.6 Å². The van der Waals surface area contributed by atoms with Crippen LogP contribution >= 0.6 is 11.6 Å². The number of aryl methyl sites for hydroxylation is 2. The summed E-state index contributed by atoms with van der Waals surface area (Å²) in [5, 5.41) is 9.82. The zero-order chi connectivity index (χ0) is 14.5. The summed E-state index contributed by atoms with van der Waals surface area (Å²) in [7, 11) is 0. The lowest BCUT2D eigenvalue weighted by molar-refractivity contribution is -0.140. The number of nitrogens with zero attached hydrogens (tertiary/aromatic N) is 1. The highest BCUT2D eigenvalue weighted by atomic mass is 35.5. The van der Waals surface area contributed by atoms with Gasteiger partial charge in [0.2, 0.25) is 5.91 Å². The maximum atomic E-state index is 12.1. The van der Waals surface area contributed by atoms with E-state index >= 15 is 0 Å². The molecular formula is C15H20ClNO3. The Labute approximate surface area is 124 Å². The normalized spacial score (nSPS) is 19.1. The third-order valence-corrected chi connectivity index (χ3v) is 3.97. The summed E-state index contributed by atoms with van der Waals surface area (Å²) < 4.78 is 5.34. The van der Waals surface area contributed by atoms with E-state index in [9.17, 15) is 4.79 Å². The Morgan fingerprint density at radius 2 is 2.35 bits per heavy atom. The van der Waals surface area contributed by atoms with Gasteiger partial charge in [-0.3, -0.25) is 4.79 Å². The van der Waals surface area contributed by atoms with Gasteiger partial charge in [0.05, 0.1) is 19.3 Å². The van der Waals surface area contributed by atoms with Crippen LogP contribution in [0.1, 0.15) is 17.5 Å². The highest BCUT2D eigenvalue weighted by Crippen LogP contribution is 2.18. The molecule has 1 fully saturated rings. The Morgan fingerprint density at radius 3 is 3.05 bits per heavy atom. The van der Waals surface area contributed by atoms with Gasteiger partial charge in [-0.25, -0.2) is 0 Å². The molecule has 0 radical (unpaired) electrons. The van der Waals surface area contributed by atoms with Gasteiger partial charge in [-0.15, -0.1) is 0 Å². The van der Waals surface area contributed by atoms with Gasteiger partial charge in [0.15, 0.2) is 0 Å². The predicted molar refractivity (Wildman–Crippen MR) is 77.9 cm³/mol. The summed E-state index contributed by atoms with van der Waals surface area (Å²) in [6, 6.07) is 5.89. The average molecular weight is 298 g/mol. The molecule has 1 aromatic carbocycles. The van der Waals surface area contributed by atoms with Gasteiger partial charge in [-0.1, -0.05) is 23.7 Å². The zero-order valence-electron chi connectivity index (χ0n) is 11.6. The Bertz CT molecular complexity index is 478. The maximum Gasteiger partial charge on any atom is 0.223 e. The van der Waals surface area contributed by atoms with Crippen LogP contribution in [0.15, 0.2) is 18.2 Å². The fourth-order valence-electron chi connectivity index (χ4n) is 2.26. The van der Waals surface area contributed by atoms with Gasteiger partial charge >= 0.3 is 0 Å². The number of hydrogen-bond acceptors (Lipinski definition) is 3. The van der Waals surface area contributed by atoms with Crippen LogP contribution in [0.2, 0.25) is 5.02 Å². The van der Waals surface area contributed by atoms with Gasteiger partial charge in [0, 0.05) is 24.5 Å². The monoisotopic (exact) mass is 297 g/mol. The van der Waals surface area contributed by atoms with E-state index in [1.165, 1.54) is 0 Å². The number of morpholine rings is 1. The fraction of sp³-hybridized carbons (Fsp3) is 0.533. The third kappa shape index (κ3) is 3.95.